The van der Waals surface area contributed by atoms with E-state index in [4.69, 9.17) is 11.6 Å². The fraction of sp³-hybridized carbons (Fsp3) is 0.778. The first-order valence-electron chi connectivity index (χ1n) is 9.36. The Hall–Kier alpha value is -1.81. The molecule has 0 bridgehead atoms. The van der Waals surface area contributed by atoms with Gasteiger partial charge in [-0.3, -0.25) is 4.99 Å². The van der Waals surface area contributed by atoms with Crippen molar-refractivity contribution in [3.63, 3.8) is 0 Å². The van der Waals surface area contributed by atoms with E-state index in [0.29, 0.717) is 0 Å². The van der Waals surface area contributed by atoms with Gasteiger partial charge in [-0.1, -0.05) is 11.6 Å². The summed E-state index contributed by atoms with van der Waals surface area (Å²) in [5.41, 5.74) is -1.63. The van der Waals surface area contributed by atoms with E-state index in [1.165, 1.54) is 6.42 Å². The zero-order valence-corrected chi connectivity index (χ0v) is 16.1. The van der Waals surface area contributed by atoms with E-state index in [0.717, 1.165) is 51.2 Å². The molecule has 3 fully saturated rings. The van der Waals surface area contributed by atoms with E-state index in [9.17, 15) is 10.1 Å². The first-order valence-corrected chi connectivity index (χ1v) is 9.80. The molecule has 26 heavy (non-hydrogen) atoms. The molecule has 1 saturated carbocycles. The van der Waals surface area contributed by atoms with Crippen LogP contribution in [-0.2, 0) is 0 Å². The fourth-order valence-corrected chi connectivity index (χ4v) is 4.65. The Kier molecular flexibility index (Phi) is 4.14. The summed E-state index contributed by atoms with van der Waals surface area (Å²) in [6, 6.07) is 2.47. The molecule has 7 nitrogen and oxygen atoms in total. The average Bonchev–Trinajstić information content (AvgIpc) is 2.90. The van der Waals surface area contributed by atoms with Gasteiger partial charge in [0.1, 0.15) is 5.84 Å². The van der Waals surface area contributed by atoms with Gasteiger partial charge in [-0.2, -0.15) is 5.26 Å². The topological polar surface area (TPSA) is 75.3 Å². The quantitative estimate of drug-likeness (QED) is 0.519. The lowest BCUT2D eigenvalue weighted by Crippen LogP contribution is -2.53. The number of carbonyl (C=O) groups excluding carboxylic acids is 1. The van der Waals surface area contributed by atoms with Gasteiger partial charge in [0.15, 0.2) is 11.0 Å². The number of nitriles is 1. The van der Waals surface area contributed by atoms with Crippen LogP contribution in [0.25, 0.3) is 0 Å². The van der Waals surface area contributed by atoms with Crippen LogP contribution in [0.3, 0.4) is 0 Å². The number of amidine groups is 1. The van der Waals surface area contributed by atoms with Crippen LogP contribution in [0.2, 0.25) is 0 Å². The second-order valence-electron chi connectivity index (χ2n) is 8.13. The molecular weight excluding hydrogens is 352 g/mol. The van der Waals surface area contributed by atoms with Crippen LogP contribution < -0.4 is 0 Å². The van der Waals surface area contributed by atoms with Gasteiger partial charge in [-0.05, 0) is 39.0 Å². The van der Waals surface area contributed by atoms with Crippen molar-refractivity contribution in [2.75, 3.05) is 26.7 Å². The number of urea groups is 1. The molecule has 2 amide bonds. The van der Waals surface area contributed by atoms with Gasteiger partial charge in [0.25, 0.3) is 0 Å². The average molecular weight is 377 g/mol. The van der Waals surface area contributed by atoms with Gasteiger partial charge < -0.3 is 14.7 Å². The number of rotatable bonds is 1. The highest BCUT2D eigenvalue weighted by Crippen LogP contribution is 2.43. The van der Waals surface area contributed by atoms with Crippen molar-refractivity contribution in [2.45, 2.75) is 61.6 Å². The minimum atomic E-state index is -1.01. The lowest BCUT2D eigenvalue weighted by molar-refractivity contribution is 0.102. The summed E-state index contributed by atoms with van der Waals surface area (Å²) in [6.45, 7) is 4.15. The molecule has 2 saturated heterocycles. The number of aliphatic imine (C=N–C) groups is 2. The minimum Gasteiger partial charge on any atom is -0.354 e. The lowest BCUT2D eigenvalue weighted by atomic mass is 9.76. The van der Waals surface area contributed by atoms with Crippen molar-refractivity contribution in [1.82, 2.24) is 14.7 Å². The van der Waals surface area contributed by atoms with E-state index < -0.39 is 11.0 Å². The first-order chi connectivity index (χ1) is 12.4. The molecule has 0 aromatic carbocycles. The Bertz CT molecular complexity index is 711. The number of alkyl halides is 1. The third kappa shape index (κ3) is 2.58. The Balaban J connectivity index is 1.47. The maximum atomic E-state index is 12.8. The molecule has 140 valence electrons. The van der Waals surface area contributed by atoms with Crippen LogP contribution >= 0.6 is 11.6 Å². The summed E-state index contributed by atoms with van der Waals surface area (Å²) in [7, 11) is 1.95. The van der Waals surface area contributed by atoms with E-state index in [1.807, 2.05) is 11.9 Å². The van der Waals surface area contributed by atoms with Gasteiger partial charge in [0.05, 0.1) is 23.9 Å². The molecule has 1 aliphatic carbocycles. The summed E-state index contributed by atoms with van der Waals surface area (Å²) in [5, 5.41) is 9.26. The summed E-state index contributed by atoms with van der Waals surface area (Å²) in [4.78, 5) is 27.8. The number of hydrogen-bond acceptors (Lipinski definition) is 5. The molecule has 8 heteroatoms. The second kappa shape index (κ2) is 6.12. The van der Waals surface area contributed by atoms with E-state index >= 15 is 0 Å². The highest BCUT2D eigenvalue weighted by molar-refractivity contribution is 6.32. The van der Waals surface area contributed by atoms with Gasteiger partial charge in [0.2, 0.25) is 0 Å². The van der Waals surface area contributed by atoms with Crippen LogP contribution in [0, 0.1) is 11.3 Å². The highest BCUT2D eigenvalue weighted by Gasteiger charge is 2.53. The Morgan fingerprint density at radius 3 is 2.73 bits per heavy atom. The summed E-state index contributed by atoms with van der Waals surface area (Å²) < 4.78 is 0. The number of piperidine rings is 1. The summed E-state index contributed by atoms with van der Waals surface area (Å²) >= 11 is 6.29. The number of hydrogen-bond donors (Lipinski definition) is 0. The first kappa shape index (κ1) is 17.6. The smallest absolute Gasteiger partial charge is 0.320 e. The number of carbonyl (C=O) groups is 1. The lowest BCUT2D eigenvalue weighted by Gasteiger charge is -2.43. The van der Waals surface area contributed by atoms with E-state index in [-0.39, 0.29) is 17.6 Å². The van der Waals surface area contributed by atoms with Crippen molar-refractivity contribution in [3.05, 3.63) is 0 Å². The zero-order valence-electron chi connectivity index (χ0n) is 15.4. The Labute approximate surface area is 159 Å². The molecule has 3 aliphatic heterocycles. The standard InChI is InChI=1S/C18H25ClN6O/c1-17(11-20)15(19)22-14(9-21-17)24-8-3-5-13(10-24)25-12-18(6-4-7-18)23(2)16(25)26/h9,13,15H,3-8,10,12H2,1-2H3. The number of likely N-dealkylation sites (N-methyl/N-ethyl adjacent to an activating group) is 1. The molecule has 0 radical (unpaired) electrons. The Morgan fingerprint density at radius 2 is 2.15 bits per heavy atom. The van der Waals surface area contributed by atoms with Crippen LogP contribution in [0.1, 0.15) is 39.0 Å². The van der Waals surface area contributed by atoms with Crippen molar-refractivity contribution in [3.8, 4) is 6.07 Å². The van der Waals surface area contributed by atoms with Crippen LogP contribution in [0.4, 0.5) is 4.79 Å². The van der Waals surface area contributed by atoms with E-state index in [1.54, 1.807) is 13.1 Å². The molecule has 4 rings (SSSR count). The zero-order chi connectivity index (χ0) is 18.5. The monoisotopic (exact) mass is 376 g/mol. The van der Waals surface area contributed by atoms with Crippen molar-refractivity contribution < 1.29 is 4.79 Å². The van der Waals surface area contributed by atoms with Gasteiger partial charge in [-0.15, -0.1) is 0 Å². The SMILES string of the molecule is CN1C(=O)N(C2CCCN(C3=NC(Cl)C(C)(C#N)N=C3)C2)CC12CCC2. The highest BCUT2D eigenvalue weighted by atomic mass is 35.5. The largest absolute Gasteiger partial charge is 0.354 e. The molecule has 3 unspecified atom stereocenters. The molecule has 1 spiro atoms. The maximum absolute atomic E-state index is 12.8. The van der Waals surface area contributed by atoms with Crippen LogP contribution in [0.5, 0.6) is 0 Å². The third-order valence-corrected chi connectivity index (χ3v) is 7.06. The molecule has 4 aliphatic rings. The third-order valence-electron chi connectivity index (χ3n) is 6.54. The Morgan fingerprint density at radius 1 is 1.38 bits per heavy atom. The summed E-state index contributed by atoms with van der Waals surface area (Å²) in [5.74, 6) is 0.723. The van der Waals surface area contributed by atoms with E-state index in [2.05, 4.69) is 25.9 Å². The molecule has 0 aromatic rings. The molecular formula is C18H25ClN6O. The predicted molar refractivity (Wildman–Crippen MR) is 101 cm³/mol. The number of amides is 2. The number of halogens is 1. The number of likely N-dealkylation sites (tertiary alicyclic amines) is 1. The maximum Gasteiger partial charge on any atom is 0.320 e. The van der Waals surface area contributed by atoms with Gasteiger partial charge in [0, 0.05) is 26.7 Å². The minimum absolute atomic E-state index is 0.0685. The molecule has 0 N–H and O–H groups in total. The fourth-order valence-electron chi connectivity index (χ4n) is 4.44. The van der Waals surface area contributed by atoms with Crippen molar-refractivity contribution >= 4 is 29.7 Å². The number of nitrogens with zero attached hydrogens (tertiary/aromatic N) is 6. The molecule has 3 atom stereocenters. The second-order valence-corrected chi connectivity index (χ2v) is 8.54. The summed E-state index contributed by atoms with van der Waals surface area (Å²) in [6.07, 6.45) is 7.11. The van der Waals surface area contributed by atoms with Crippen molar-refractivity contribution in [2.24, 2.45) is 9.98 Å². The van der Waals surface area contributed by atoms with Gasteiger partial charge >= 0.3 is 6.03 Å². The van der Waals surface area contributed by atoms with Crippen molar-refractivity contribution in [1.29, 1.82) is 5.26 Å². The predicted octanol–water partition coefficient (Wildman–Crippen LogP) is 2.07. The van der Waals surface area contributed by atoms with Crippen LogP contribution in [-0.4, -0.2) is 82.1 Å². The van der Waals surface area contributed by atoms with Gasteiger partial charge in [-0.25, -0.2) is 9.79 Å². The normalized spacial score (nSPS) is 36.2. The molecule has 0 aromatic heterocycles. The van der Waals surface area contributed by atoms with Crippen LogP contribution in [0.15, 0.2) is 9.98 Å². The molecule has 3 heterocycles.